The van der Waals surface area contributed by atoms with Crippen molar-refractivity contribution in [1.82, 2.24) is 0 Å². The maximum Gasteiger partial charge on any atom is 0.148 e. The largest absolute Gasteiger partial charge is 1.00 e. The molecule has 3 rings (SSSR count). The van der Waals surface area contributed by atoms with Crippen molar-refractivity contribution in [2.45, 2.75) is 38.7 Å². The Morgan fingerprint density at radius 2 is 2.00 bits per heavy atom. The Bertz CT molecular complexity index is 499. The second-order valence-electron chi connectivity index (χ2n) is 6.37. The topological polar surface area (TPSA) is 58.4 Å². The van der Waals surface area contributed by atoms with Crippen LogP contribution in [0.15, 0.2) is 29.4 Å². The highest BCUT2D eigenvalue weighted by Gasteiger charge is 2.38. The van der Waals surface area contributed by atoms with E-state index in [2.05, 4.69) is 30.3 Å². The van der Waals surface area contributed by atoms with Gasteiger partial charge in [-0.05, 0) is 44.2 Å². The van der Waals surface area contributed by atoms with Crippen LogP contribution in [-0.4, -0.2) is 30.1 Å². The molecule has 22 heavy (non-hydrogen) atoms. The molecule has 1 atom stereocenters. The zero-order valence-corrected chi connectivity index (χ0v) is 13.8. The standard InChI is InChI=1S/C17H24N2O2.ClH/c1-12-3-2-4-15(9-12)18-10-16(20)11-21-19-17(13-5-6-13)14-7-8-14;/h2-4,9,13-14,16,18,20H,5-8,10-11H2,1H3;1H. The summed E-state index contributed by atoms with van der Waals surface area (Å²) in [5.41, 5.74) is 3.64. The minimum atomic E-state index is -0.492. The number of nitrogens with two attached hydrogens (primary N) is 1. The molecule has 1 unspecified atom stereocenters. The van der Waals surface area contributed by atoms with Gasteiger partial charge in [0.2, 0.25) is 0 Å². The van der Waals surface area contributed by atoms with Gasteiger partial charge < -0.3 is 27.7 Å². The highest BCUT2D eigenvalue weighted by Crippen LogP contribution is 2.42. The summed E-state index contributed by atoms with van der Waals surface area (Å²) < 4.78 is 0. The van der Waals surface area contributed by atoms with E-state index in [0.717, 1.165) is 5.69 Å². The summed E-state index contributed by atoms with van der Waals surface area (Å²) in [6, 6.07) is 8.27. The number of benzene rings is 1. The normalized spacial score (nSPS) is 18.3. The molecule has 0 heterocycles. The smallest absolute Gasteiger partial charge is 0.148 e. The van der Waals surface area contributed by atoms with E-state index < -0.39 is 6.10 Å². The molecule has 5 heteroatoms. The lowest BCUT2D eigenvalue weighted by molar-refractivity contribution is -0.580. The maximum absolute atomic E-state index is 9.98. The number of oxime groups is 1. The highest BCUT2D eigenvalue weighted by molar-refractivity contribution is 5.92. The molecule has 4 nitrogen and oxygen atoms in total. The summed E-state index contributed by atoms with van der Waals surface area (Å²) in [6.07, 6.45) is 4.57. The van der Waals surface area contributed by atoms with Crippen LogP contribution >= 0.6 is 0 Å². The lowest BCUT2D eigenvalue weighted by Crippen LogP contribution is -3.00. The molecule has 2 saturated carbocycles. The van der Waals surface area contributed by atoms with E-state index in [0.29, 0.717) is 18.4 Å². The minimum Gasteiger partial charge on any atom is -1.00 e. The van der Waals surface area contributed by atoms with Crippen molar-refractivity contribution < 1.29 is 27.7 Å². The predicted molar refractivity (Wildman–Crippen MR) is 82.5 cm³/mol. The average molecular weight is 325 g/mol. The summed E-state index contributed by atoms with van der Waals surface area (Å²) in [5.74, 6) is 1.35. The molecule has 122 valence electrons. The fourth-order valence-electron chi connectivity index (χ4n) is 2.58. The van der Waals surface area contributed by atoms with Gasteiger partial charge in [-0.1, -0.05) is 17.3 Å². The van der Waals surface area contributed by atoms with Crippen LogP contribution in [0.25, 0.3) is 0 Å². The van der Waals surface area contributed by atoms with E-state index in [1.54, 1.807) is 0 Å². The molecule has 0 aliphatic heterocycles. The highest BCUT2D eigenvalue weighted by atomic mass is 35.5. The molecule has 0 saturated heterocycles. The number of halogens is 1. The number of aryl methyl sites for hydroxylation is 1. The van der Waals surface area contributed by atoms with Crippen LogP contribution in [0.2, 0.25) is 0 Å². The molecule has 2 aliphatic rings. The molecule has 1 aromatic carbocycles. The van der Waals surface area contributed by atoms with Gasteiger partial charge in [0.1, 0.15) is 24.9 Å². The van der Waals surface area contributed by atoms with Crippen molar-refractivity contribution >= 4 is 11.4 Å². The average Bonchev–Trinajstić information content (AvgIpc) is 3.35. The molecular weight excluding hydrogens is 300 g/mol. The molecule has 0 spiro atoms. The van der Waals surface area contributed by atoms with E-state index in [9.17, 15) is 5.11 Å². The molecule has 2 fully saturated rings. The number of rotatable bonds is 8. The Morgan fingerprint density at radius 3 is 2.59 bits per heavy atom. The summed E-state index contributed by atoms with van der Waals surface area (Å²) in [6.45, 7) is 2.95. The first-order valence-electron chi connectivity index (χ1n) is 8.00. The van der Waals surface area contributed by atoms with Gasteiger partial charge in [0.15, 0.2) is 0 Å². The number of hydrogen-bond donors (Lipinski definition) is 2. The zero-order valence-electron chi connectivity index (χ0n) is 13.0. The summed E-state index contributed by atoms with van der Waals surface area (Å²) in [4.78, 5) is 5.39. The van der Waals surface area contributed by atoms with Crippen molar-refractivity contribution in [3.63, 3.8) is 0 Å². The molecular formula is C17H25ClN2O2. The molecule has 0 amide bonds. The first-order valence-corrected chi connectivity index (χ1v) is 8.00. The first kappa shape index (κ1) is 17.3. The van der Waals surface area contributed by atoms with Gasteiger partial charge >= 0.3 is 0 Å². The number of quaternary nitrogens is 1. The molecule has 2 aliphatic carbocycles. The lowest BCUT2D eigenvalue weighted by Gasteiger charge is -2.09. The van der Waals surface area contributed by atoms with Gasteiger partial charge in [-0.15, -0.1) is 0 Å². The number of aliphatic hydroxyl groups excluding tert-OH is 1. The Kier molecular flexibility index (Phi) is 6.24. The fourth-order valence-corrected chi connectivity index (χ4v) is 2.58. The third-order valence-electron chi connectivity index (χ3n) is 4.10. The lowest BCUT2D eigenvalue weighted by atomic mass is 10.2. The van der Waals surface area contributed by atoms with Crippen LogP contribution in [-0.2, 0) is 4.84 Å². The van der Waals surface area contributed by atoms with Gasteiger partial charge in [-0.3, -0.25) is 0 Å². The van der Waals surface area contributed by atoms with Gasteiger partial charge in [-0.25, -0.2) is 0 Å². The van der Waals surface area contributed by atoms with Crippen molar-refractivity contribution in [1.29, 1.82) is 0 Å². The van der Waals surface area contributed by atoms with Gasteiger partial charge in [0, 0.05) is 17.9 Å². The van der Waals surface area contributed by atoms with Crippen molar-refractivity contribution in [3.05, 3.63) is 29.8 Å². The molecule has 3 N–H and O–H groups in total. The summed E-state index contributed by atoms with van der Waals surface area (Å²) in [5, 5.41) is 16.3. The van der Waals surface area contributed by atoms with E-state index in [1.165, 1.54) is 37.0 Å². The zero-order chi connectivity index (χ0) is 14.7. The molecule has 1 aromatic rings. The third kappa shape index (κ3) is 5.27. The summed E-state index contributed by atoms with van der Waals surface area (Å²) >= 11 is 0. The van der Waals surface area contributed by atoms with Crippen LogP contribution in [0, 0.1) is 18.8 Å². The van der Waals surface area contributed by atoms with Crippen molar-refractivity contribution in [3.8, 4) is 0 Å². The molecule has 0 bridgehead atoms. The number of hydrogen-bond acceptors (Lipinski definition) is 3. The van der Waals surface area contributed by atoms with Gasteiger partial charge in [0.25, 0.3) is 0 Å². The van der Waals surface area contributed by atoms with Crippen molar-refractivity contribution in [2.75, 3.05) is 13.2 Å². The van der Waals surface area contributed by atoms with Crippen LogP contribution in [0.4, 0.5) is 5.69 Å². The maximum atomic E-state index is 9.98. The van der Waals surface area contributed by atoms with Gasteiger partial charge in [0.05, 0.1) is 5.71 Å². The van der Waals surface area contributed by atoms with Gasteiger partial charge in [-0.2, -0.15) is 0 Å². The number of aliphatic hydroxyl groups is 1. The third-order valence-corrected chi connectivity index (χ3v) is 4.10. The second kappa shape index (κ2) is 7.95. The quantitative estimate of drug-likeness (QED) is 0.356. The van der Waals surface area contributed by atoms with E-state index in [1.807, 2.05) is 11.4 Å². The second-order valence-corrected chi connectivity index (χ2v) is 6.37. The molecule has 0 radical (unpaired) electrons. The Hall–Kier alpha value is -1.10. The number of nitrogens with zero attached hydrogens (tertiary/aromatic N) is 1. The molecule has 0 aromatic heterocycles. The van der Waals surface area contributed by atoms with E-state index in [-0.39, 0.29) is 19.0 Å². The van der Waals surface area contributed by atoms with E-state index in [4.69, 9.17) is 4.84 Å². The van der Waals surface area contributed by atoms with Crippen LogP contribution in [0.5, 0.6) is 0 Å². The van der Waals surface area contributed by atoms with Crippen LogP contribution < -0.4 is 17.7 Å². The Morgan fingerprint density at radius 1 is 1.32 bits per heavy atom. The fraction of sp³-hybridized carbons (Fsp3) is 0.588. The minimum absolute atomic E-state index is 0. The van der Waals surface area contributed by atoms with Crippen LogP contribution in [0.3, 0.4) is 0 Å². The first-order chi connectivity index (χ1) is 10.2. The Labute approximate surface area is 138 Å². The monoisotopic (exact) mass is 324 g/mol. The van der Waals surface area contributed by atoms with E-state index >= 15 is 0 Å². The van der Waals surface area contributed by atoms with Crippen LogP contribution in [0.1, 0.15) is 31.2 Å². The summed E-state index contributed by atoms with van der Waals surface area (Å²) in [7, 11) is 0. The van der Waals surface area contributed by atoms with Crippen molar-refractivity contribution in [2.24, 2.45) is 17.0 Å². The Balaban J connectivity index is 0.00000176. The SMILES string of the molecule is Cc1cccc([NH2+]CC(O)CON=C(C2CC2)C2CC2)c1.[Cl-]. The predicted octanol–water partition coefficient (Wildman–Crippen LogP) is -1.25.